The van der Waals surface area contributed by atoms with Gasteiger partial charge in [-0.1, -0.05) is 11.6 Å². The summed E-state index contributed by atoms with van der Waals surface area (Å²) >= 11 is 6.00. The molecular formula is C19H20ClN3O5S. The second-order valence-corrected chi connectivity index (χ2v) is 9.88. The van der Waals surface area contributed by atoms with Gasteiger partial charge in [-0.15, -0.1) is 0 Å². The number of sulfone groups is 1. The number of benzene rings is 1. The monoisotopic (exact) mass is 437 g/mol. The molecule has 0 radical (unpaired) electrons. The van der Waals surface area contributed by atoms with E-state index in [1.807, 2.05) is 11.8 Å². The molecule has 1 aliphatic rings. The van der Waals surface area contributed by atoms with Gasteiger partial charge in [0.05, 0.1) is 0 Å². The standard InChI is InChI=1S/C19H20ClN3O5S/c1-19(22-17(24)15-5-6-16(27-15)29(2,25)26)7-9-23(10-8-19)18-21-13-11-12(20)3-4-14(13)28-18/h3-6,11H,7-10H2,1-2H3,(H,22,24). The van der Waals surface area contributed by atoms with E-state index in [4.69, 9.17) is 20.4 Å². The lowest BCUT2D eigenvalue weighted by Crippen LogP contribution is -2.53. The average molecular weight is 438 g/mol. The van der Waals surface area contributed by atoms with Crippen LogP contribution in [-0.2, 0) is 9.84 Å². The summed E-state index contributed by atoms with van der Waals surface area (Å²) in [6.07, 6.45) is 2.36. The number of carbonyl (C=O) groups excluding carboxylic acids is 1. The van der Waals surface area contributed by atoms with Gasteiger partial charge in [0.15, 0.2) is 11.3 Å². The van der Waals surface area contributed by atoms with Crippen LogP contribution in [0.3, 0.4) is 0 Å². The molecule has 0 atom stereocenters. The number of fused-ring (bicyclic) bond motifs is 1. The Kier molecular flexibility index (Phi) is 4.82. The predicted octanol–water partition coefficient (Wildman–Crippen LogP) is 3.27. The number of piperidine rings is 1. The van der Waals surface area contributed by atoms with E-state index >= 15 is 0 Å². The summed E-state index contributed by atoms with van der Waals surface area (Å²) in [4.78, 5) is 19.0. The Labute approximate surface area is 172 Å². The van der Waals surface area contributed by atoms with E-state index in [2.05, 4.69) is 10.3 Å². The molecule has 10 heteroatoms. The van der Waals surface area contributed by atoms with Crippen molar-refractivity contribution in [2.24, 2.45) is 0 Å². The number of carbonyl (C=O) groups is 1. The molecular weight excluding hydrogens is 418 g/mol. The molecule has 8 nitrogen and oxygen atoms in total. The van der Waals surface area contributed by atoms with Crippen molar-refractivity contribution in [1.29, 1.82) is 0 Å². The molecule has 3 heterocycles. The van der Waals surface area contributed by atoms with Crippen LogP contribution in [0.5, 0.6) is 0 Å². The molecule has 1 N–H and O–H groups in total. The largest absolute Gasteiger partial charge is 0.440 e. The van der Waals surface area contributed by atoms with Crippen molar-refractivity contribution in [3.63, 3.8) is 0 Å². The molecule has 1 saturated heterocycles. The van der Waals surface area contributed by atoms with Gasteiger partial charge in [0.25, 0.3) is 11.9 Å². The molecule has 1 amide bonds. The summed E-state index contributed by atoms with van der Waals surface area (Å²) in [5, 5.41) is 3.34. The minimum Gasteiger partial charge on any atom is -0.440 e. The number of halogens is 1. The van der Waals surface area contributed by atoms with Crippen LogP contribution < -0.4 is 10.2 Å². The maximum absolute atomic E-state index is 12.5. The van der Waals surface area contributed by atoms with Crippen molar-refractivity contribution < 1.29 is 22.0 Å². The van der Waals surface area contributed by atoms with Crippen LogP contribution in [0, 0.1) is 0 Å². The first-order valence-corrected chi connectivity index (χ1v) is 11.3. The fourth-order valence-corrected chi connectivity index (χ4v) is 4.04. The normalized spacial score (nSPS) is 16.9. The SMILES string of the molecule is CC1(NC(=O)c2ccc(S(C)(=O)=O)o2)CCN(c2nc3cc(Cl)ccc3o2)CC1. The minimum atomic E-state index is -3.49. The van der Waals surface area contributed by atoms with E-state index in [-0.39, 0.29) is 10.9 Å². The molecule has 2 aromatic heterocycles. The van der Waals surface area contributed by atoms with Gasteiger partial charge >= 0.3 is 0 Å². The lowest BCUT2D eigenvalue weighted by molar-refractivity contribution is 0.0857. The smallest absolute Gasteiger partial charge is 0.298 e. The first-order chi connectivity index (χ1) is 13.6. The number of aromatic nitrogens is 1. The summed E-state index contributed by atoms with van der Waals surface area (Å²) in [5.74, 6) is -0.461. The Morgan fingerprint density at radius 3 is 2.59 bits per heavy atom. The number of amides is 1. The van der Waals surface area contributed by atoms with Crippen LogP contribution in [-0.4, -0.2) is 44.2 Å². The second-order valence-electron chi connectivity index (χ2n) is 7.50. The summed E-state index contributed by atoms with van der Waals surface area (Å²) in [6, 6.07) is 8.48. The molecule has 1 aliphatic heterocycles. The van der Waals surface area contributed by atoms with Gasteiger partial charge in [0.1, 0.15) is 5.52 Å². The van der Waals surface area contributed by atoms with Gasteiger partial charge in [-0.2, -0.15) is 4.98 Å². The van der Waals surface area contributed by atoms with E-state index in [9.17, 15) is 13.2 Å². The fraction of sp³-hybridized carbons (Fsp3) is 0.368. The number of furan rings is 1. The molecule has 0 saturated carbocycles. The minimum absolute atomic E-state index is 0.0232. The van der Waals surface area contributed by atoms with E-state index in [1.165, 1.54) is 12.1 Å². The Hall–Kier alpha value is -2.52. The van der Waals surface area contributed by atoms with E-state index in [0.29, 0.717) is 48.1 Å². The molecule has 0 spiro atoms. The Morgan fingerprint density at radius 1 is 1.21 bits per heavy atom. The number of hydrogen-bond acceptors (Lipinski definition) is 7. The van der Waals surface area contributed by atoms with Gasteiger partial charge in [0.2, 0.25) is 14.9 Å². The lowest BCUT2D eigenvalue weighted by atomic mass is 9.89. The van der Waals surface area contributed by atoms with E-state index < -0.39 is 21.3 Å². The third kappa shape index (κ3) is 4.11. The fourth-order valence-electron chi connectivity index (χ4n) is 3.32. The highest BCUT2D eigenvalue weighted by Gasteiger charge is 2.34. The van der Waals surface area contributed by atoms with Gasteiger partial charge < -0.3 is 19.1 Å². The van der Waals surface area contributed by atoms with Crippen LogP contribution in [0.2, 0.25) is 5.02 Å². The molecule has 1 aromatic carbocycles. The number of nitrogens with one attached hydrogen (secondary N) is 1. The number of rotatable bonds is 4. The Bertz CT molecular complexity index is 1180. The third-order valence-corrected chi connectivity index (χ3v) is 6.25. The topological polar surface area (TPSA) is 106 Å². The zero-order valence-electron chi connectivity index (χ0n) is 15.9. The maximum Gasteiger partial charge on any atom is 0.298 e. The zero-order valence-corrected chi connectivity index (χ0v) is 17.5. The number of nitrogens with zero attached hydrogens (tertiary/aromatic N) is 2. The number of hydrogen-bond donors (Lipinski definition) is 1. The highest BCUT2D eigenvalue weighted by molar-refractivity contribution is 7.90. The summed E-state index contributed by atoms with van der Waals surface area (Å²) in [7, 11) is -3.49. The van der Waals surface area contributed by atoms with Crippen molar-refractivity contribution in [1.82, 2.24) is 10.3 Å². The highest BCUT2D eigenvalue weighted by Crippen LogP contribution is 2.29. The van der Waals surface area contributed by atoms with E-state index in [0.717, 1.165) is 6.26 Å². The average Bonchev–Trinajstić information content (AvgIpc) is 3.28. The zero-order chi connectivity index (χ0) is 20.8. The van der Waals surface area contributed by atoms with Crippen molar-refractivity contribution in [2.75, 3.05) is 24.2 Å². The maximum atomic E-state index is 12.5. The predicted molar refractivity (Wildman–Crippen MR) is 108 cm³/mol. The van der Waals surface area contributed by atoms with E-state index in [1.54, 1.807) is 18.2 Å². The van der Waals surface area contributed by atoms with Crippen LogP contribution in [0.1, 0.15) is 30.3 Å². The van der Waals surface area contributed by atoms with Crippen molar-refractivity contribution in [3.05, 3.63) is 41.1 Å². The molecule has 1 fully saturated rings. The Balaban J connectivity index is 1.42. The summed E-state index contributed by atoms with van der Waals surface area (Å²) in [5.41, 5.74) is 0.917. The highest BCUT2D eigenvalue weighted by atomic mass is 35.5. The summed E-state index contributed by atoms with van der Waals surface area (Å²) < 4.78 is 34.0. The molecule has 4 rings (SSSR count). The van der Waals surface area contributed by atoms with Gasteiger partial charge in [-0.25, -0.2) is 8.42 Å². The molecule has 154 valence electrons. The third-order valence-electron chi connectivity index (χ3n) is 5.06. The molecule has 0 bridgehead atoms. The first kappa shape index (κ1) is 19.8. The van der Waals surface area contributed by atoms with Crippen LogP contribution >= 0.6 is 11.6 Å². The second kappa shape index (κ2) is 7.07. The molecule has 29 heavy (non-hydrogen) atoms. The molecule has 0 unspecified atom stereocenters. The van der Waals surface area contributed by atoms with Crippen LogP contribution in [0.4, 0.5) is 6.01 Å². The quantitative estimate of drug-likeness (QED) is 0.667. The lowest BCUT2D eigenvalue weighted by Gasteiger charge is -2.39. The number of anilines is 1. The first-order valence-electron chi connectivity index (χ1n) is 9.06. The van der Waals surface area contributed by atoms with Crippen LogP contribution in [0.15, 0.2) is 44.3 Å². The van der Waals surface area contributed by atoms with Crippen molar-refractivity contribution >= 4 is 44.5 Å². The Morgan fingerprint density at radius 2 is 1.93 bits per heavy atom. The summed E-state index contributed by atoms with van der Waals surface area (Å²) in [6.45, 7) is 3.24. The van der Waals surface area contributed by atoms with Gasteiger partial charge in [-0.05, 0) is 50.1 Å². The van der Waals surface area contributed by atoms with Gasteiger partial charge in [-0.3, -0.25) is 4.79 Å². The van der Waals surface area contributed by atoms with Gasteiger partial charge in [0, 0.05) is 29.9 Å². The molecule has 3 aromatic rings. The van der Waals surface area contributed by atoms with Crippen LogP contribution in [0.25, 0.3) is 11.1 Å². The van der Waals surface area contributed by atoms with Crippen molar-refractivity contribution in [2.45, 2.75) is 30.4 Å². The number of oxazole rings is 1. The van der Waals surface area contributed by atoms with Crippen molar-refractivity contribution in [3.8, 4) is 0 Å². The molecule has 0 aliphatic carbocycles.